The Morgan fingerprint density at radius 3 is 2.68 bits per heavy atom. The first-order valence-corrected chi connectivity index (χ1v) is 9.12. The molecule has 7 nitrogen and oxygen atoms in total. The monoisotopic (exact) mass is 379 g/mol. The van der Waals surface area contributed by atoms with Crippen LogP contribution in [-0.4, -0.2) is 54.5 Å². The molecule has 0 radical (unpaired) electrons. The van der Waals surface area contributed by atoms with Gasteiger partial charge in [0.1, 0.15) is 6.04 Å². The van der Waals surface area contributed by atoms with Crippen molar-refractivity contribution in [1.29, 1.82) is 0 Å². The number of hydrogen-bond acceptors (Lipinski definition) is 5. The molecular weight excluding hydrogens is 358 g/mol. The molecule has 1 amide bonds. The van der Waals surface area contributed by atoms with Crippen LogP contribution in [0.3, 0.4) is 0 Å². The van der Waals surface area contributed by atoms with Gasteiger partial charge >= 0.3 is 5.97 Å². The number of nitrogens with zero attached hydrogens (tertiary/aromatic N) is 1. The summed E-state index contributed by atoms with van der Waals surface area (Å²) in [6.45, 7) is 0.551. The molecule has 2 atom stereocenters. The van der Waals surface area contributed by atoms with Crippen molar-refractivity contribution in [2.45, 2.75) is 18.5 Å². The van der Waals surface area contributed by atoms with Gasteiger partial charge in [0.25, 0.3) is 5.91 Å². The number of ether oxygens (including phenoxy) is 1. The van der Waals surface area contributed by atoms with Gasteiger partial charge in [-0.05, 0) is 37.7 Å². The molecule has 144 valence electrons. The highest BCUT2D eigenvalue weighted by atomic mass is 16.5. The minimum atomic E-state index is -0.369. The predicted molar refractivity (Wildman–Crippen MR) is 106 cm³/mol. The third-order valence-corrected chi connectivity index (χ3v) is 5.34. The van der Waals surface area contributed by atoms with Crippen LogP contribution in [0.1, 0.15) is 16.8 Å². The average Bonchev–Trinajstić information content (AvgIpc) is 3.07. The number of carbonyl (C=O) groups is 2. The van der Waals surface area contributed by atoms with Gasteiger partial charge in [-0.1, -0.05) is 18.2 Å². The molecule has 1 aliphatic rings. The van der Waals surface area contributed by atoms with Crippen LogP contribution in [0.5, 0.6) is 0 Å². The summed E-state index contributed by atoms with van der Waals surface area (Å²) in [5, 5.41) is 4.05. The molecule has 1 saturated heterocycles. The van der Waals surface area contributed by atoms with Crippen LogP contribution in [-0.2, 0) is 9.53 Å². The molecule has 2 N–H and O–H groups in total. The summed E-state index contributed by atoms with van der Waals surface area (Å²) in [5.41, 5.74) is 1.50. The number of aromatic nitrogens is 1. The Hall–Kier alpha value is -3.19. The number of hydrogen-bond donors (Lipinski definition) is 2. The number of aromatic amines is 1. The number of carbonyl (C=O) groups excluding carboxylic acids is 2. The summed E-state index contributed by atoms with van der Waals surface area (Å²) >= 11 is 0. The molecule has 0 bridgehead atoms. The quantitative estimate of drug-likeness (QED) is 0.533. The highest BCUT2D eigenvalue weighted by Gasteiger charge is 2.36. The SMILES string of the molecule is COC(=O)[C@@H]1C[C@@H](NC(=O)c2cccc3c(=O)c4ccccc4[nH]c23)CN1C. The number of likely N-dealkylation sites (tertiary alicyclic amines) is 1. The summed E-state index contributed by atoms with van der Waals surface area (Å²) in [7, 11) is 3.19. The van der Waals surface area contributed by atoms with Crippen LogP contribution in [0.25, 0.3) is 21.8 Å². The van der Waals surface area contributed by atoms with Gasteiger partial charge < -0.3 is 15.0 Å². The first kappa shape index (κ1) is 18.2. The second kappa shape index (κ2) is 7.09. The number of methoxy groups -OCH3 is 1. The van der Waals surface area contributed by atoms with E-state index in [0.29, 0.717) is 40.3 Å². The van der Waals surface area contributed by atoms with Crippen molar-refractivity contribution >= 4 is 33.7 Å². The van der Waals surface area contributed by atoms with E-state index in [1.54, 1.807) is 24.3 Å². The Kier molecular flexibility index (Phi) is 4.60. The number of benzene rings is 2. The fourth-order valence-electron chi connectivity index (χ4n) is 3.91. The van der Waals surface area contributed by atoms with Crippen molar-refractivity contribution in [2.24, 2.45) is 0 Å². The van der Waals surface area contributed by atoms with E-state index in [4.69, 9.17) is 4.74 Å². The second-order valence-electron chi connectivity index (χ2n) is 7.11. The molecule has 1 aromatic heterocycles. The fourth-order valence-corrected chi connectivity index (χ4v) is 3.91. The van der Waals surface area contributed by atoms with Crippen LogP contribution < -0.4 is 10.7 Å². The van der Waals surface area contributed by atoms with E-state index in [9.17, 15) is 14.4 Å². The number of esters is 1. The molecule has 0 saturated carbocycles. The Bertz CT molecular complexity index is 1140. The second-order valence-corrected chi connectivity index (χ2v) is 7.11. The van der Waals surface area contributed by atoms with Gasteiger partial charge in [-0.3, -0.25) is 19.3 Å². The molecule has 28 heavy (non-hydrogen) atoms. The molecule has 0 spiro atoms. The summed E-state index contributed by atoms with van der Waals surface area (Å²) in [4.78, 5) is 42.7. The van der Waals surface area contributed by atoms with Gasteiger partial charge in [0.15, 0.2) is 5.43 Å². The number of pyridine rings is 1. The average molecular weight is 379 g/mol. The summed E-state index contributed by atoms with van der Waals surface area (Å²) in [6.07, 6.45) is 0.485. The lowest BCUT2D eigenvalue weighted by atomic mass is 10.1. The molecule has 7 heteroatoms. The van der Waals surface area contributed by atoms with Gasteiger partial charge in [-0.2, -0.15) is 0 Å². The van der Waals surface area contributed by atoms with Crippen molar-refractivity contribution in [3.05, 3.63) is 58.3 Å². The van der Waals surface area contributed by atoms with Crippen LogP contribution >= 0.6 is 0 Å². The Morgan fingerprint density at radius 2 is 1.89 bits per heavy atom. The van der Waals surface area contributed by atoms with E-state index in [-0.39, 0.29) is 29.4 Å². The van der Waals surface area contributed by atoms with E-state index in [1.165, 1.54) is 7.11 Å². The maximum atomic E-state index is 12.9. The first-order valence-electron chi connectivity index (χ1n) is 9.12. The highest BCUT2D eigenvalue weighted by Crippen LogP contribution is 2.20. The minimum absolute atomic E-state index is 0.106. The first-order chi connectivity index (χ1) is 13.5. The molecule has 2 heterocycles. The maximum Gasteiger partial charge on any atom is 0.323 e. The Balaban J connectivity index is 1.67. The number of amides is 1. The summed E-state index contributed by atoms with van der Waals surface area (Å²) < 4.78 is 4.82. The van der Waals surface area contributed by atoms with Crippen molar-refractivity contribution in [1.82, 2.24) is 15.2 Å². The van der Waals surface area contributed by atoms with Crippen LogP contribution in [0.4, 0.5) is 0 Å². The third kappa shape index (κ3) is 3.03. The number of nitrogens with one attached hydrogen (secondary N) is 2. The zero-order valence-electron chi connectivity index (χ0n) is 15.7. The third-order valence-electron chi connectivity index (χ3n) is 5.34. The van der Waals surface area contributed by atoms with Gasteiger partial charge in [0, 0.05) is 28.9 Å². The Morgan fingerprint density at radius 1 is 1.14 bits per heavy atom. The van der Waals surface area contributed by atoms with E-state index >= 15 is 0 Å². The van der Waals surface area contributed by atoms with Crippen LogP contribution in [0.15, 0.2) is 47.3 Å². The Labute approximate surface area is 161 Å². The molecule has 4 rings (SSSR count). The lowest BCUT2D eigenvalue weighted by Gasteiger charge is -2.15. The van der Waals surface area contributed by atoms with Crippen molar-refractivity contribution in [3.8, 4) is 0 Å². The zero-order chi connectivity index (χ0) is 19.8. The van der Waals surface area contributed by atoms with Crippen LogP contribution in [0.2, 0.25) is 0 Å². The molecular formula is C21H21N3O4. The van der Waals surface area contributed by atoms with E-state index in [1.807, 2.05) is 30.1 Å². The molecule has 1 aliphatic heterocycles. The predicted octanol–water partition coefficient (Wildman–Crippen LogP) is 1.66. The van der Waals surface area contributed by atoms with Crippen LogP contribution in [0, 0.1) is 0 Å². The summed E-state index contributed by atoms with van der Waals surface area (Å²) in [6, 6.07) is 11.8. The fraction of sp³-hybridized carbons (Fsp3) is 0.286. The highest BCUT2D eigenvalue weighted by molar-refractivity contribution is 6.07. The summed E-state index contributed by atoms with van der Waals surface area (Å²) in [5.74, 6) is -0.583. The van der Waals surface area contributed by atoms with Crippen molar-refractivity contribution < 1.29 is 14.3 Å². The molecule has 0 aliphatic carbocycles. The maximum absolute atomic E-state index is 12.9. The topological polar surface area (TPSA) is 91.5 Å². The normalized spacial score (nSPS) is 19.8. The van der Waals surface area contributed by atoms with E-state index in [2.05, 4.69) is 10.3 Å². The smallest absolute Gasteiger partial charge is 0.323 e. The van der Waals surface area contributed by atoms with Gasteiger partial charge in [-0.15, -0.1) is 0 Å². The number of H-pyrrole nitrogens is 1. The van der Waals surface area contributed by atoms with Gasteiger partial charge in [0.2, 0.25) is 0 Å². The number of rotatable bonds is 3. The number of fused-ring (bicyclic) bond motifs is 2. The van der Waals surface area contributed by atoms with E-state index < -0.39 is 0 Å². The van der Waals surface area contributed by atoms with Crippen molar-refractivity contribution in [3.63, 3.8) is 0 Å². The lowest BCUT2D eigenvalue weighted by Crippen LogP contribution is -2.36. The molecule has 1 fully saturated rings. The zero-order valence-corrected chi connectivity index (χ0v) is 15.7. The van der Waals surface area contributed by atoms with E-state index in [0.717, 1.165) is 0 Å². The lowest BCUT2D eigenvalue weighted by molar-refractivity contribution is -0.145. The van der Waals surface area contributed by atoms with Gasteiger partial charge in [-0.25, -0.2) is 0 Å². The largest absolute Gasteiger partial charge is 0.468 e. The van der Waals surface area contributed by atoms with Crippen molar-refractivity contribution in [2.75, 3.05) is 20.7 Å². The standard InChI is InChI=1S/C21H21N3O4/c1-24-11-12(10-17(24)21(27)28-2)22-20(26)15-8-5-7-14-18(15)23-16-9-4-3-6-13(16)19(14)25/h3-9,12,17H,10-11H2,1-2H3,(H,22,26)(H,23,25)/t12-,17+/m1/s1. The number of para-hydroxylation sites is 2. The number of likely N-dealkylation sites (N-methyl/N-ethyl adjacent to an activating group) is 1. The molecule has 0 unspecified atom stereocenters. The van der Waals surface area contributed by atoms with Gasteiger partial charge in [0.05, 0.1) is 18.2 Å². The minimum Gasteiger partial charge on any atom is -0.468 e. The molecule has 3 aromatic rings. The molecule has 2 aromatic carbocycles.